The van der Waals surface area contributed by atoms with E-state index < -0.39 is 17.6 Å². The third-order valence-electron chi connectivity index (χ3n) is 3.78. The van der Waals surface area contributed by atoms with Gasteiger partial charge < -0.3 is 5.32 Å². The molecule has 1 aromatic rings. The number of hydrogen-bond acceptors (Lipinski definition) is 3. The van der Waals surface area contributed by atoms with E-state index >= 15 is 0 Å². The van der Waals surface area contributed by atoms with Crippen LogP contribution in [0.1, 0.15) is 30.4 Å². The molecule has 3 N–H and O–H groups in total. The molecule has 0 unspecified atom stereocenters. The van der Waals surface area contributed by atoms with Crippen LogP contribution in [0.3, 0.4) is 0 Å². The van der Waals surface area contributed by atoms with Crippen LogP contribution in [0, 0.1) is 11.7 Å². The Morgan fingerprint density at radius 1 is 1.26 bits per heavy atom. The van der Waals surface area contributed by atoms with Gasteiger partial charge in [-0.1, -0.05) is 6.07 Å². The predicted octanol–water partition coefficient (Wildman–Crippen LogP) is 2.36. The maximum atomic E-state index is 13.6. The van der Waals surface area contributed by atoms with Gasteiger partial charge in [0, 0.05) is 31.6 Å². The van der Waals surface area contributed by atoms with Gasteiger partial charge >= 0.3 is 6.18 Å². The van der Waals surface area contributed by atoms with Crippen LogP contribution in [0.25, 0.3) is 0 Å². The van der Waals surface area contributed by atoms with Crippen LogP contribution in [0.15, 0.2) is 18.2 Å². The second kappa shape index (κ2) is 7.74. The summed E-state index contributed by atoms with van der Waals surface area (Å²) in [6.45, 7) is 1.63. The lowest BCUT2D eigenvalue weighted by Gasteiger charge is -2.10. The van der Waals surface area contributed by atoms with Crippen molar-refractivity contribution in [1.82, 2.24) is 16.2 Å². The number of carbonyl (C=O) groups excluding carboxylic acids is 1. The number of rotatable bonds is 6. The summed E-state index contributed by atoms with van der Waals surface area (Å²) >= 11 is 0. The molecular formula is C15H19F4N3O. The van der Waals surface area contributed by atoms with E-state index in [1.54, 1.807) is 0 Å². The molecule has 4 nitrogen and oxygen atoms in total. The molecule has 0 radical (unpaired) electrons. The molecule has 0 aliphatic carbocycles. The predicted molar refractivity (Wildman–Crippen MR) is 76.6 cm³/mol. The summed E-state index contributed by atoms with van der Waals surface area (Å²) < 4.78 is 50.9. The first-order chi connectivity index (χ1) is 10.9. The Balaban J connectivity index is 1.75. The number of hydrogen-bond donors (Lipinski definition) is 3. The summed E-state index contributed by atoms with van der Waals surface area (Å²) in [6, 6.07) is 2.31. The van der Waals surface area contributed by atoms with E-state index in [9.17, 15) is 22.4 Å². The van der Waals surface area contributed by atoms with Crippen molar-refractivity contribution in [2.45, 2.75) is 32.0 Å². The minimum atomic E-state index is -4.58. The Morgan fingerprint density at radius 3 is 2.57 bits per heavy atom. The third-order valence-corrected chi connectivity index (χ3v) is 3.78. The number of alkyl halides is 3. The van der Waals surface area contributed by atoms with Gasteiger partial charge in [0.1, 0.15) is 5.82 Å². The highest BCUT2D eigenvalue weighted by Crippen LogP contribution is 2.30. The van der Waals surface area contributed by atoms with E-state index in [-0.39, 0.29) is 18.0 Å². The molecule has 23 heavy (non-hydrogen) atoms. The van der Waals surface area contributed by atoms with Crippen LogP contribution in [-0.4, -0.2) is 19.0 Å². The van der Waals surface area contributed by atoms with Crippen molar-refractivity contribution in [2.24, 2.45) is 5.92 Å². The molecule has 0 spiro atoms. The van der Waals surface area contributed by atoms with E-state index in [4.69, 9.17) is 0 Å². The fourth-order valence-corrected chi connectivity index (χ4v) is 2.41. The van der Waals surface area contributed by atoms with E-state index in [2.05, 4.69) is 16.2 Å². The second-order valence-electron chi connectivity index (χ2n) is 5.60. The molecule has 8 heteroatoms. The van der Waals surface area contributed by atoms with Gasteiger partial charge in [0.25, 0.3) is 0 Å². The van der Waals surface area contributed by atoms with E-state index in [1.165, 1.54) is 0 Å². The zero-order valence-corrected chi connectivity index (χ0v) is 12.5. The van der Waals surface area contributed by atoms with Crippen LogP contribution >= 0.6 is 0 Å². The Bertz CT molecular complexity index is 542. The van der Waals surface area contributed by atoms with Crippen LogP contribution in [0.4, 0.5) is 17.6 Å². The lowest BCUT2D eigenvalue weighted by molar-refractivity contribution is -0.137. The Hall–Kier alpha value is -1.67. The number of amides is 1. The van der Waals surface area contributed by atoms with Crippen molar-refractivity contribution in [3.63, 3.8) is 0 Å². The molecule has 1 aliphatic rings. The Morgan fingerprint density at radius 2 is 1.96 bits per heavy atom. The SMILES string of the molecule is O=C(CCCC1CNNC1)NCc1ccc(C(F)(F)F)cc1F. The van der Waals surface area contributed by atoms with Crippen molar-refractivity contribution >= 4 is 5.91 Å². The van der Waals surface area contributed by atoms with Gasteiger partial charge in [0.15, 0.2) is 0 Å². The standard InChI is InChI=1S/C15H19F4N3O/c16-13-6-12(15(17,18)19)5-4-11(13)9-20-14(23)3-1-2-10-7-21-22-8-10/h4-6,10,21-22H,1-3,7-9H2,(H,20,23). The van der Waals surface area contributed by atoms with Crippen LogP contribution < -0.4 is 16.2 Å². The fraction of sp³-hybridized carbons (Fsp3) is 0.533. The summed E-state index contributed by atoms with van der Waals surface area (Å²) in [5.41, 5.74) is 5.01. The minimum absolute atomic E-state index is 0.0375. The first-order valence-corrected chi connectivity index (χ1v) is 7.44. The molecule has 1 heterocycles. The van der Waals surface area contributed by atoms with Gasteiger partial charge in [0.2, 0.25) is 5.91 Å². The summed E-state index contributed by atoms with van der Waals surface area (Å²) in [6.07, 6.45) is -2.64. The average molecular weight is 333 g/mol. The largest absolute Gasteiger partial charge is 0.416 e. The lowest BCUT2D eigenvalue weighted by atomic mass is 10.0. The number of benzene rings is 1. The molecule has 0 bridgehead atoms. The molecule has 1 saturated heterocycles. The van der Waals surface area contributed by atoms with Crippen molar-refractivity contribution in [3.8, 4) is 0 Å². The Labute approximate surface area is 131 Å². The van der Waals surface area contributed by atoms with Crippen LogP contribution in [-0.2, 0) is 17.5 Å². The maximum Gasteiger partial charge on any atom is 0.416 e. The summed E-state index contributed by atoms with van der Waals surface area (Å²) in [5.74, 6) is -0.707. The van der Waals surface area contributed by atoms with Gasteiger partial charge in [-0.2, -0.15) is 13.2 Å². The molecule has 1 fully saturated rings. The van der Waals surface area contributed by atoms with Crippen molar-refractivity contribution in [1.29, 1.82) is 0 Å². The third kappa shape index (κ3) is 5.47. The second-order valence-corrected chi connectivity index (χ2v) is 5.60. The number of hydrazine groups is 1. The summed E-state index contributed by atoms with van der Waals surface area (Å²) in [7, 11) is 0. The van der Waals surface area contributed by atoms with Crippen LogP contribution in [0.5, 0.6) is 0 Å². The molecule has 0 saturated carbocycles. The highest BCUT2D eigenvalue weighted by molar-refractivity contribution is 5.75. The average Bonchev–Trinajstić information content (AvgIpc) is 2.98. The van der Waals surface area contributed by atoms with Crippen molar-refractivity contribution in [3.05, 3.63) is 35.1 Å². The van der Waals surface area contributed by atoms with Gasteiger partial charge in [-0.15, -0.1) is 0 Å². The molecule has 128 valence electrons. The smallest absolute Gasteiger partial charge is 0.352 e. The normalized spacial score (nSPS) is 15.8. The first-order valence-electron chi connectivity index (χ1n) is 7.44. The van der Waals surface area contributed by atoms with Gasteiger partial charge in [0.05, 0.1) is 5.56 Å². The van der Waals surface area contributed by atoms with E-state index in [0.717, 1.165) is 38.1 Å². The zero-order valence-electron chi connectivity index (χ0n) is 12.5. The van der Waals surface area contributed by atoms with Gasteiger partial charge in [-0.3, -0.25) is 15.6 Å². The van der Waals surface area contributed by atoms with E-state index in [1.807, 2.05) is 0 Å². The summed E-state index contributed by atoms with van der Waals surface area (Å²) in [5, 5.41) is 2.53. The first kappa shape index (κ1) is 17.7. The fourth-order valence-electron chi connectivity index (χ4n) is 2.41. The quantitative estimate of drug-likeness (QED) is 0.701. The number of carbonyl (C=O) groups is 1. The highest BCUT2D eigenvalue weighted by Gasteiger charge is 2.31. The molecule has 1 aromatic carbocycles. The highest BCUT2D eigenvalue weighted by atomic mass is 19.4. The lowest BCUT2D eigenvalue weighted by Crippen LogP contribution is -2.23. The van der Waals surface area contributed by atoms with Gasteiger partial charge in [-0.25, -0.2) is 4.39 Å². The molecule has 0 aromatic heterocycles. The topological polar surface area (TPSA) is 53.2 Å². The number of halogens is 4. The zero-order chi connectivity index (χ0) is 16.9. The maximum absolute atomic E-state index is 13.6. The van der Waals surface area contributed by atoms with Crippen molar-refractivity contribution in [2.75, 3.05) is 13.1 Å². The number of nitrogens with one attached hydrogen (secondary N) is 3. The van der Waals surface area contributed by atoms with E-state index in [0.29, 0.717) is 18.4 Å². The monoisotopic (exact) mass is 333 g/mol. The minimum Gasteiger partial charge on any atom is -0.352 e. The molecule has 0 atom stereocenters. The summed E-state index contributed by atoms with van der Waals surface area (Å²) in [4.78, 5) is 11.7. The molecule has 1 aliphatic heterocycles. The van der Waals surface area contributed by atoms with Crippen LogP contribution in [0.2, 0.25) is 0 Å². The Kier molecular flexibility index (Phi) is 5.95. The molecule has 2 rings (SSSR count). The molecular weight excluding hydrogens is 314 g/mol. The molecule has 1 amide bonds. The van der Waals surface area contributed by atoms with Crippen molar-refractivity contribution < 1.29 is 22.4 Å². The van der Waals surface area contributed by atoms with Gasteiger partial charge in [-0.05, 0) is 30.9 Å².